The molecule has 0 bridgehead atoms. The molecule has 0 spiro atoms. The fourth-order valence-corrected chi connectivity index (χ4v) is 4.65. The van der Waals surface area contributed by atoms with Gasteiger partial charge in [0.2, 0.25) is 0 Å². The molecule has 11 heteroatoms. The fourth-order valence-electron chi connectivity index (χ4n) is 3.38. The highest BCUT2D eigenvalue weighted by Gasteiger charge is 2.38. The Morgan fingerprint density at radius 3 is 2.50 bits per heavy atom. The van der Waals surface area contributed by atoms with Gasteiger partial charge in [-0.2, -0.15) is 0 Å². The summed E-state index contributed by atoms with van der Waals surface area (Å²) in [6, 6.07) is 12.5. The molecular weight excluding hydrogens is 452 g/mol. The Balaban J connectivity index is 1.79. The van der Waals surface area contributed by atoms with Crippen LogP contribution in [0.15, 0.2) is 58.2 Å². The summed E-state index contributed by atoms with van der Waals surface area (Å²) in [7, 11) is 1.71. The third-order valence-electron chi connectivity index (χ3n) is 5.05. The van der Waals surface area contributed by atoms with E-state index in [4.69, 9.17) is 12.2 Å². The maximum atomic E-state index is 13.3. The van der Waals surface area contributed by atoms with Gasteiger partial charge < -0.3 is 5.11 Å². The first-order valence-corrected chi connectivity index (χ1v) is 10.5. The van der Waals surface area contributed by atoms with Gasteiger partial charge in [0.1, 0.15) is 11.4 Å². The first kappa shape index (κ1) is 21.5. The molecule has 4 rings (SSSR count). The Bertz CT molecular complexity index is 1370. The minimum absolute atomic E-state index is 0.103. The van der Waals surface area contributed by atoms with E-state index in [0.717, 1.165) is 28.8 Å². The van der Waals surface area contributed by atoms with Crippen LogP contribution < -0.4 is 10.5 Å². The van der Waals surface area contributed by atoms with Gasteiger partial charge in [-0.25, -0.2) is 4.68 Å². The van der Waals surface area contributed by atoms with Gasteiger partial charge in [0.05, 0.1) is 21.2 Å². The maximum Gasteiger partial charge on any atom is 0.296 e. The van der Waals surface area contributed by atoms with E-state index in [9.17, 15) is 24.8 Å². The van der Waals surface area contributed by atoms with Crippen LogP contribution in [0.5, 0.6) is 5.75 Å². The first-order valence-electron chi connectivity index (χ1n) is 9.30. The normalized spacial score (nSPS) is 15.1. The zero-order chi connectivity index (χ0) is 23.2. The van der Waals surface area contributed by atoms with Gasteiger partial charge in [0.25, 0.3) is 17.2 Å². The van der Waals surface area contributed by atoms with E-state index in [1.807, 2.05) is 6.07 Å². The lowest BCUT2D eigenvalue weighted by molar-refractivity contribution is -0.384. The van der Waals surface area contributed by atoms with Gasteiger partial charge in [0, 0.05) is 24.7 Å². The summed E-state index contributed by atoms with van der Waals surface area (Å²) in [5, 5.41) is 21.1. The summed E-state index contributed by atoms with van der Waals surface area (Å²) in [4.78, 5) is 38.2. The molecule has 0 aliphatic carbocycles. The Hall–Kier alpha value is -3.70. The number of phenols is 1. The zero-order valence-corrected chi connectivity index (χ0v) is 18.5. The smallest absolute Gasteiger partial charge is 0.296 e. The van der Waals surface area contributed by atoms with E-state index >= 15 is 0 Å². The third kappa shape index (κ3) is 3.51. The van der Waals surface area contributed by atoms with Crippen molar-refractivity contribution < 1.29 is 14.8 Å². The molecule has 1 saturated heterocycles. The highest BCUT2D eigenvalue weighted by Crippen LogP contribution is 2.37. The van der Waals surface area contributed by atoms with Crippen molar-refractivity contribution in [2.24, 2.45) is 7.05 Å². The van der Waals surface area contributed by atoms with Gasteiger partial charge >= 0.3 is 0 Å². The molecule has 1 aliphatic rings. The van der Waals surface area contributed by atoms with Gasteiger partial charge in [0.15, 0.2) is 4.32 Å². The Morgan fingerprint density at radius 1 is 1.16 bits per heavy atom. The van der Waals surface area contributed by atoms with E-state index < -0.39 is 16.4 Å². The predicted octanol–water partition coefficient (Wildman–Crippen LogP) is 3.50. The number of hydrogen-bond donors (Lipinski definition) is 1. The number of aromatic hydroxyl groups is 1. The van der Waals surface area contributed by atoms with E-state index in [2.05, 4.69) is 0 Å². The molecule has 2 aromatic carbocycles. The fraction of sp³-hybridized carbons (Fsp3) is 0.0952. The summed E-state index contributed by atoms with van der Waals surface area (Å²) in [6.45, 7) is 1.71. The number of thioether (sulfide) groups is 1. The average molecular weight is 469 g/mol. The molecule has 0 saturated carbocycles. The largest absolute Gasteiger partial charge is 0.507 e. The number of para-hydroxylation sites is 1. The number of carbonyl (C=O) groups excluding carboxylic acids is 1. The maximum absolute atomic E-state index is 13.3. The number of hydrogen-bond acceptors (Lipinski definition) is 7. The van der Waals surface area contributed by atoms with Crippen LogP contribution >= 0.6 is 24.0 Å². The molecule has 1 fully saturated rings. The molecule has 0 unspecified atom stereocenters. The van der Waals surface area contributed by atoms with Crippen LogP contribution in [0.2, 0.25) is 0 Å². The van der Waals surface area contributed by atoms with Crippen LogP contribution in [-0.4, -0.2) is 29.6 Å². The van der Waals surface area contributed by atoms with Crippen molar-refractivity contribution in [2.75, 3.05) is 4.90 Å². The summed E-state index contributed by atoms with van der Waals surface area (Å²) in [6.07, 6.45) is 1.33. The molecule has 162 valence electrons. The second kappa shape index (κ2) is 8.09. The molecule has 1 N–H and O–H groups in total. The number of phenolic OH excluding ortho intramolecular Hbond substituents is 1. The van der Waals surface area contributed by atoms with Crippen molar-refractivity contribution in [3.05, 3.63) is 85.2 Å². The number of non-ortho nitro benzene ring substituents is 1. The number of benzene rings is 2. The van der Waals surface area contributed by atoms with Crippen molar-refractivity contribution in [1.82, 2.24) is 9.36 Å². The number of amides is 1. The minimum Gasteiger partial charge on any atom is -0.507 e. The summed E-state index contributed by atoms with van der Waals surface area (Å²) < 4.78 is 3.23. The lowest BCUT2D eigenvalue weighted by atomic mass is 10.1. The summed E-state index contributed by atoms with van der Waals surface area (Å²) >= 11 is 6.33. The standard InChI is InChI=1S/C21H16N4O5S2/c1-12-18(20(28)24(22(12)2)14-6-4-3-5-7-14)23-19(27)17(32-21(23)31)11-13-10-15(25(29)30)8-9-16(13)26/h3-11,26H,1-2H3. The Kier molecular flexibility index (Phi) is 5.45. The molecule has 0 radical (unpaired) electrons. The van der Waals surface area contributed by atoms with Crippen molar-refractivity contribution in [1.29, 1.82) is 0 Å². The van der Waals surface area contributed by atoms with Crippen molar-refractivity contribution in [3.8, 4) is 11.4 Å². The van der Waals surface area contributed by atoms with E-state index in [1.165, 1.54) is 16.8 Å². The molecule has 2 heterocycles. The third-order valence-corrected chi connectivity index (χ3v) is 6.35. The number of anilines is 1. The molecule has 1 aromatic heterocycles. The number of nitro benzene ring substituents is 1. The van der Waals surface area contributed by atoms with E-state index in [0.29, 0.717) is 11.4 Å². The first-order chi connectivity index (χ1) is 15.2. The lowest BCUT2D eigenvalue weighted by Gasteiger charge is -2.12. The highest BCUT2D eigenvalue weighted by atomic mass is 32.2. The van der Waals surface area contributed by atoms with Gasteiger partial charge in [-0.1, -0.05) is 42.2 Å². The topological polar surface area (TPSA) is 111 Å². The second-order valence-electron chi connectivity index (χ2n) is 6.93. The molecule has 9 nitrogen and oxygen atoms in total. The molecule has 1 amide bonds. The van der Waals surface area contributed by atoms with Crippen LogP contribution in [0.3, 0.4) is 0 Å². The van der Waals surface area contributed by atoms with Crippen molar-refractivity contribution >= 4 is 51.7 Å². The number of rotatable bonds is 4. The van der Waals surface area contributed by atoms with Crippen LogP contribution in [-0.2, 0) is 11.8 Å². The number of aromatic nitrogens is 2. The van der Waals surface area contributed by atoms with Crippen LogP contribution in [0.4, 0.5) is 11.4 Å². The number of nitro groups is 1. The highest BCUT2D eigenvalue weighted by molar-refractivity contribution is 8.27. The van der Waals surface area contributed by atoms with Gasteiger partial charge in [-0.05, 0) is 31.2 Å². The lowest BCUT2D eigenvalue weighted by Crippen LogP contribution is -2.33. The number of thiocarbonyl (C=S) groups is 1. The monoisotopic (exact) mass is 468 g/mol. The van der Waals surface area contributed by atoms with Crippen molar-refractivity contribution in [2.45, 2.75) is 6.92 Å². The zero-order valence-electron chi connectivity index (χ0n) is 16.9. The van der Waals surface area contributed by atoms with Gasteiger partial charge in [-0.15, -0.1) is 0 Å². The quantitative estimate of drug-likeness (QED) is 0.270. The average Bonchev–Trinajstić information content (AvgIpc) is 3.15. The Morgan fingerprint density at radius 2 is 1.84 bits per heavy atom. The van der Waals surface area contributed by atoms with Crippen molar-refractivity contribution in [3.63, 3.8) is 0 Å². The van der Waals surface area contributed by atoms with Gasteiger partial charge in [-0.3, -0.25) is 29.3 Å². The number of nitrogens with zero attached hydrogens (tertiary/aromatic N) is 4. The van der Waals surface area contributed by atoms with E-state index in [1.54, 1.807) is 42.9 Å². The van der Waals surface area contributed by atoms with E-state index in [-0.39, 0.29) is 31.9 Å². The number of carbonyl (C=O) groups is 1. The molecular formula is C21H16N4O5S2. The Labute approximate surface area is 191 Å². The molecule has 0 atom stereocenters. The summed E-state index contributed by atoms with van der Waals surface area (Å²) in [5.41, 5.74) is 0.768. The predicted molar refractivity (Wildman–Crippen MR) is 126 cm³/mol. The van der Waals surface area contributed by atoms with Crippen LogP contribution in [0, 0.1) is 17.0 Å². The summed E-state index contributed by atoms with van der Waals surface area (Å²) in [5.74, 6) is -0.764. The minimum atomic E-state index is -0.596. The molecule has 32 heavy (non-hydrogen) atoms. The van der Waals surface area contributed by atoms with Crippen LogP contribution in [0.25, 0.3) is 11.8 Å². The second-order valence-corrected chi connectivity index (χ2v) is 8.60. The molecule has 3 aromatic rings. The SMILES string of the molecule is Cc1c(N2C(=O)C(=Cc3cc([N+](=O)[O-])ccc3O)SC2=S)c(=O)n(-c2ccccc2)n1C. The molecule has 1 aliphatic heterocycles. The van der Waals surface area contributed by atoms with Crippen LogP contribution in [0.1, 0.15) is 11.3 Å².